The van der Waals surface area contributed by atoms with Gasteiger partial charge in [-0.25, -0.2) is 0 Å². The molecule has 3 N–H and O–H groups in total. The quantitative estimate of drug-likeness (QED) is 0.675. The molecule has 0 saturated carbocycles. The van der Waals surface area contributed by atoms with E-state index in [2.05, 4.69) is 10.3 Å². The highest BCUT2D eigenvalue weighted by molar-refractivity contribution is 5.97. The average molecular weight is 324 g/mol. The van der Waals surface area contributed by atoms with Gasteiger partial charge < -0.3 is 20.1 Å². The number of ether oxygens (including phenoxy) is 1. The normalized spacial score (nSPS) is 10.8. The van der Waals surface area contributed by atoms with Crippen LogP contribution < -0.4 is 10.1 Å². The fraction of sp³-hybridized carbons (Fsp3) is 0.211. The summed E-state index contributed by atoms with van der Waals surface area (Å²) in [4.78, 5) is 15.4. The molecule has 0 radical (unpaired) electrons. The van der Waals surface area contributed by atoms with E-state index in [9.17, 15) is 9.90 Å². The summed E-state index contributed by atoms with van der Waals surface area (Å²) in [5.41, 5.74) is 3.13. The van der Waals surface area contributed by atoms with Crippen LogP contribution in [-0.4, -0.2) is 29.7 Å². The number of methoxy groups -OCH3 is 1. The summed E-state index contributed by atoms with van der Waals surface area (Å²) in [5.74, 6) is 0.567. The number of rotatable bonds is 5. The number of amides is 1. The van der Waals surface area contributed by atoms with E-state index in [4.69, 9.17) is 4.74 Å². The van der Waals surface area contributed by atoms with Crippen LogP contribution in [0.4, 0.5) is 0 Å². The molecule has 0 aliphatic heterocycles. The number of phenols is 1. The van der Waals surface area contributed by atoms with Gasteiger partial charge in [0.05, 0.1) is 12.7 Å². The molecule has 1 aromatic heterocycles. The van der Waals surface area contributed by atoms with Crippen molar-refractivity contribution in [2.24, 2.45) is 0 Å². The number of nitrogens with one attached hydrogen (secondary N) is 2. The Hall–Kier alpha value is -2.95. The van der Waals surface area contributed by atoms with Crippen LogP contribution in [0.3, 0.4) is 0 Å². The van der Waals surface area contributed by atoms with Gasteiger partial charge >= 0.3 is 0 Å². The van der Waals surface area contributed by atoms with Crippen molar-refractivity contribution in [2.75, 3.05) is 13.7 Å². The van der Waals surface area contributed by atoms with E-state index in [1.807, 2.05) is 24.4 Å². The number of aromatic nitrogens is 1. The third kappa shape index (κ3) is 3.06. The molecular weight excluding hydrogens is 304 g/mol. The Morgan fingerprint density at radius 3 is 2.92 bits per heavy atom. The van der Waals surface area contributed by atoms with Gasteiger partial charge in [0.15, 0.2) is 0 Å². The summed E-state index contributed by atoms with van der Waals surface area (Å²) in [5, 5.41) is 13.9. The van der Waals surface area contributed by atoms with Gasteiger partial charge in [0.1, 0.15) is 11.5 Å². The minimum atomic E-state index is -0.270. The van der Waals surface area contributed by atoms with Gasteiger partial charge in [-0.2, -0.15) is 0 Å². The molecule has 0 fully saturated rings. The number of fused-ring (bicyclic) bond motifs is 1. The zero-order valence-electron chi connectivity index (χ0n) is 13.7. The number of carbonyl (C=O) groups is 1. The molecule has 124 valence electrons. The van der Waals surface area contributed by atoms with Crippen LogP contribution in [0.5, 0.6) is 11.5 Å². The number of phenolic OH excluding ortho intramolecular Hbond substituents is 1. The number of aromatic hydroxyl groups is 1. The molecule has 3 rings (SSSR count). The Balaban J connectivity index is 1.68. The van der Waals surface area contributed by atoms with E-state index in [0.717, 1.165) is 22.2 Å². The van der Waals surface area contributed by atoms with Crippen LogP contribution in [-0.2, 0) is 6.42 Å². The van der Waals surface area contributed by atoms with Gasteiger partial charge in [-0.05, 0) is 48.7 Å². The van der Waals surface area contributed by atoms with E-state index in [-0.39, 0.29) is 11.7 Å². The van der Waals surface area contributed by atoms with Crippen LogP contribution in [0.25, 0.3) is 10.9 Å². The molecule has 0 aliphatic carbocycles. The molecule has 5 heteroatoms. The van der Waals surface area contributed by atoms with Gasteiger partial charge in [0.2, 0.25) is 0 Å². The van der Waals surface area contributed by atoms with Crippen molar-refractivity contribution in [3.05, 3.63) is 59.3 Å². The first-order chi connectivity index (χ1) is 11.6. The van der Waals surface area contributed by atoms with Crippen molar-refractivity contribution < 1.29 is 14.6 Å². The summed E-state index contributed by atoms with van der Waals surface area (Å²) in [7, 11) is 1.64. The Morgan fingerprint density at radius 2 is 2.12 bits per heavy atom. The lowest BCUT2D eigenvalue weighted by molar-refractivity contribution is 0.0951. The molecule has 0 saturated heterocycles. The monoisotopic (exact) mass is 324 g/mol. The molecule has 2 aromatic carbocycles. The second-order valence-corrected chi connectivity index (χ2v) is 5.70. The SMILES string of the molecule is COc1ccc2[nH]cc(CCNC(=O)c3cccc(C)c3O)c2c1. The topological polar surface area (TPSA) is 74.3 Å². The second kappa shape index (κ2) is 6.66. The highest BCUT2D eigenvalue weighted by Crippen LogP contribution is 2.24. The standard InChI is InChI=1S/C19H20N2O3/c1-12-4-3-5-15(18(12)22)19(23)20-9-8-13-11-21-17-7-6-14(24-2)10-16(13)17/h3-7,10-11,21-22H,8-9H2,1-2H3,(H,20,23). The van der Waals surface area contributed by atoms with Gasteiger partial charge in [0, 0.05) is 23.6 Å². The minimum absolute atomic E-state index is 0.0341. The maximum absolute atomic E-state index is 12.2. The molecule has 0 bridgehead atoms. The van der Waals surface area contributed by atoms with Crippen LogP contribution in [0.1, 0.15) is 21.5 Å². The molecule has 0 aliphatic rings. The average Bonchev–Trinajstić information content (AvgIpc) is 2.99. The second-order valence-electron chi connectivity index (χ2n) is 5.70. The third-order valence-corrected chi connectivity index (χ3v) is 4.14. The first-order valence-corrected chi connectivity index (χ1v) is 7.81. The van der Waals surface area contributed by atoms with Crippen molar-refractivity contribution in [1.29, 1.82) is 0 Å². The van der Waals surface area contributed by atoms with Gasteiger partial charge in [-0.3, -0.25) is 4.79 Å². The van der Waals surface area contributed by atoms with E-state index < -0.39 is 0 Å². The lowest BCUT2D eigenvalue weighted by Crippen LogP contribution is -2.25. The fourth-order valence-corrected chi connectivity index (χ4v) is 2.74. The van der Waals surface area contributed by atoms with Crippen molar-refractivity contribution in [2.45, 2.75) is 13.3 Å². The third-order valence-electron chi connectivity index (χ3n) is 4.14. The Bertz CT molecular complexity index is 883. The van der Waals surface area contributed by atoms with Crippen molar-refractivity contribution in [3.8, 4) is 11.5 Å². The molecule has 1 amide bonds. The van der Waals surface area contributed by atoms with Crippen molar-refractivity contribution in [3.63, 3.8) is 0 Å². The molecular formula is C19H20N2O3. The predicted octanol–water partition coefficient (Wildman–Crippen LogP) is 3.16. The largest absolute Gasteiger partial charge is 0.507 e. The highest BCUT2D eigenvalue weighted by Gasteiger charge is 2.12. The summed E-state index contributed by atoms with van der Waals surface area (Å²) in [6, 6.07) is 11.0. The Labute approximate surface area is 140 Å². The minimum Gasteiger partial charge on any atom is -0.507 e. The number of hydrogen-bond acceptors (Lipinski definition) is 3. The summed E-state index contributed by atoms with van der Waals surface area (Å²) < 4.78 is 5.26. The zero-order valence-corrected chi connectivity index (χ0v) is 13.7. The molecule has 3 aromatic rings. The van der Waals surface area contributed by atoms with E-state index in [1.165, 1.54) is 0 Å². The summed E-state index contributed by atoms with van der Waals surface area (Å²) in [6.07, 6.45) is 2.63. The Kier molecular flexibility index (Phi) is 4.42. The number of aromatic amines is 1. The van der Waals surface area contributed by atoms with E-state index >= 15 is 0 Å². The number of aryl methyl sites for hydroxylation is 1. The fourth-order valence-electron chi connectivity index (χ4n) is 2.74. The molecule has 0 unspecified atom stereocenters. The Morgan fingerprint density at radius 1 is 1.29 bits per heavy atom. The number of benzene rings is 2. The number of H-pyrrole nitrogens is 1. The zero-order chi connectivity index (χ0) is 17.1. The van der Waals surface area contributed by atoms with Crippen molar-refractivity contribution in [1.82, 2.24) is 10.3 Å². The molecule has 5 nitrogen and oxygen atoms in total. The van der Waals surface area contributed by atoms with Crippen molar-refractivity contribution >= 4 is 16.8 Å². The summed E-state index contributed by atoms with van der Waals surface area (Å²) in [6.45, 7) is 2.25. The maximum atomic E-state index is 12.2. The number of para-hydroxylation sites is 1. The molecule has 0 atom stereocenters. The number of hydrogen-bond donors (Lipinski definition) is 3. The predicted molar refractivity (Wildman–Crippen MR) is 93.7 cm³/mol. The highest BCUT2D eigenvalue weighted by atomic mass is 16.5. The first-order valence-electron chi connectivity index (χ1n) is 7.81. The molecule has 24 heavy (non-hydrogen) atoms. The van der Waals surface area contributed by atoms with Crippen LogP contribution in [0.2, 0.25) is 0 Å². The van der Waals surface area contributed by atoms with Gasteiger partial charge in [-0.1, -0.05) is 12.1 Å². The van der Waals surface area contributed by atoms with Crippen LogP contribution in [0.15, 0.2) is 42.6 Å². The van der Waals surface area contributed by atoms with Gasteiger partial charge in [0.25, 0.3) is 5.91 Å². The summed E-state index contributed by atoms with van der Waals surface area (Å²) >= 11 is 0. The van der Waals surface area contributed by atoms with E-state index in [1.54, 1.807) is 32.2 Å². The lowest BCUT2D eigenvalue weighted by Gasteiger charge is -2.08. The maximum Gasteiger partial charge on any atom is 0.255 e. The van der Waals surface area contributed by atoms with Crippen LogP contribution in [0, 0.1) is 6.92 Å². The molecule has 0 spiro atoms. The smallest absolute Gasteiger partial charge is 0.255 e. The van der Waals surface area contributed by atoms with Crippen LogP contribution >= 0.6 is 0 Å². The lowest BCUT2D eigenvalue weighted by atomic mass is 10.1. The molecule has 1 heterocycles. The first kappa shape index (κ1) is 15.9. The van der Waals surface area contributed by atoms with E-state index in [0.29, 0.717) is 24.1 Å². The number of carbonyl (C=O) groups excluding carboxylic acids is 1. The van der Waals surface area contributed by atoms with Gasteiger partial charge in [-0.15, -0.1) is 0 Å².